The maximum absolute atomic E-state index is 12.1. The predicted molar refractivity (Wildman–Crippen MR) is 92.2 cm³/mol. The largest absolute Gasteiger partial charge is 0.360 e. The monoisotopic (exact) mass is 386 g/mol. The van der Waals surface area contributed by atoms with Crippen LogP contribution in [0.3, 0.4) is 0 Å². The number of aromatic nitrogens is 2. The van der Waals surface area contributed by atoms with E-state index in [9.17, 15) is 4.79 Å². The fourth-order valence-corrected chi connectivity index (χ4v) is 3.69. The van der Waals surface area contributed by atoms with Gasteiger partial charge >= 0.3 is 0 Å². The van der Waals surface area contributed by atoms with E-state index in [-0.39, 0.29) is 11.2 Å². The van der Waals surface area contributed by atoms with Crippen LogP contribution in [0.25, 0.3) is 0 Å². The number of thioether (sulfide) groups is 1. The molecule has 2 rings (SSSR count). The molecule has 0 aliphatic heterocycles. The van der Waals surface area contributed by atoms with E-state index in [0.717, 1.165) is 26.2 Å². The molecule has 0 saturated carbocycles. The zero-order valence-corrected chi connectivity index (χ0v) is 14.8. The molecule has 0 spiro atoms. The minimum absolute atomic E-state index is 0.0532. The molecule has 2 aromatic rings. The highest BCUT2D eigenvalue weighted by molar-refractivity contribution is 9.10. The van der Waals surface area contributed by atoms with Gasteiger partial charge in [0.2, 0.25) is 11.0 Å². The van der Waals surface area contributed by atoms with Crippen LogP contribution in [0.4, 0.5) is 10.8 Å². The van der Waals surface area contributed by atoms with Crippen LogP contribution in [0.15, 0.2) is 33.1 Å². The second-order valence-corrected chi connectivity index (χ2v) is 7.64. The number of benzene rings is 1. The minimum Gasteiger partial charge on any atom is -0.360 e. The first kappa shape index (κ1) is 16.3. The van der Waals surface area contributed by atoms with Crippen molar-refractivity contribution in [1.82, 2.24) is 10.2 Å². The smallest absolute Gasteiger partial charge is 0.237 e. The third kappa shape index (κ3) is 4.98. The van der Waals surface area contributed by atoms with Gasteiger partial charge in [-0.1, -0.05) is 39.0 Å². The van der Waals surface area contributed by atoms with Gasteiger partial charge in [0.1, 0.15) is 0 Å². The second kappa shape index (κ2) is 7.77. The third-order valence-electron chi connectivity index (χ3n) is 2.49. The van der Waals surface area contributed by atoms with Gasteiger partial charge < -0.3 is 10.6 Å². The SMILES string of the molecule is CCNc1nnc(S[C@@H](C)C(=O)Nc2ccc(Br)cc2)s1. The summed E-state index contributed by atoms with van der Waals surface area (Å²) < 4.78 is 1.76. The van der Waals surface area contributed by atoms with Crippen molar-refractivity contribution in [3.05, 3.63) is 28.7 Å². The molecule has 0 fully saturated rings. The molecule has 8 heteroatoms. The number of nitrogens with one attached hydrogen (secondary N) is 2. The molecule has 0 aliphatic rings. The lowest BCUT2D eigenvalue weighted by atomic mass is 10.3. The Morgan fingerprint density at radius 3 is 2.76 bits per heavy atom. The van der Waals surface area contributed by atoms with Crippen LogP contribution in [0.5, 0.6) is 0 Å². The molecule has 1 atom stereocenters. The van der Waals surface area contributed by atoms with Crippen LogP contribution in [-0.4, -0.2) is 27.9 Å². The van der Waals surface area contributed by atoms with Crippen molar-refractivity contribution < 1.29 is 4.79 Å². The van der Waals surface area contributed by atoms with Gasteiger partial charge in [0.15, 0.2) is 4.34 Å². The predicted octanol–water partition coefficient (Wildman–Crippen LogP) is 3.85. The van der Waals surface area contributed by atoms with Crippen LogP contribution < -0.4 is 10.6 Å². The Balaban J connectivity index is 1.90. The second-order valence-electron chi connectivity index (χ2n) is 4.16. The summed E-state index contributed by atoms with van der Waals surface area (Å²) in [5.41, 5.74) is 0.779. The normalized spacial score (nSPS) is 12.0. The van der Waals surface area contributed by atoms with Crippen molar-refractivity contribution in [3.63, 3.8) is 0 Å². The zero-order chi connectivity index (χ0) is 15.2. The lowest BCUT2D eigenvalue weighted by molar-refractivity contribution is -0.115. The summed E-state index contributed by atoms with van der Waals surface area (Å²) in [6.45, 7) is 4.66. The number of anilines is 2. The number of carbonyl (C=O) groups excluding carboxylic acids is 1. The third-order valence-corrected chi connectivity index (χ3v) is 5.09. The van der Waals surface area contributed by atoms with Crippen LogP contribution in [0.2, 0.25) is 0 Å². The molecule has 0 radical (unpaired) electrons. The van der Waals surface area contributed by atoms with Crippen molar-refractivity contribution in [2.24, 2.45) is 0 Å². The lowest BCUT2D eigenvalue weighted by Gasteiger charge is -2.10. The van der Waals surface area contributed by atoms with E-state index in [4.69, 9.17) is 0 Å². The van der Waals surface area contributed by atoms with Gasteiger partial charge in [-0.15, -0.1) is 10.2 Å². The van der Waals surface area contributed by atoms with Crippen molar-refractivity contribution >= 4 is 55.8 Å². The summed E-state index contributed by atoms with van der Waals surface area (Å²) in [6, 6.07) is 7.49. The number of amides is 1. The highest BCUT2D eigenvalue weighted by atomic mass is 79.9. The molecule has 0 aliphatic carbocycles. The highest BCUT2D eigenvalue weighted by Gasteiger charge is 2.17. The molecular weight excluding hydrogens is 372 g/mol. The van der Waals surface area contributed by atoms with Gasteiger partial charge in [0, 0.05) is 16.7 Å². The molecule has 21 heavy (non-hydrogen) atoms. The molecule has 0 saturated heterocycles. The molecule has 2 N–H and O–H groups in total. The summed E-state index contributed by atoms with van der Waals surface area (Å²) in [7, 11) is 0. The Labute approximate surface area is 140 Å². The highest BCUT2D eigenvalue weighted by Crippen LogP contribution is 2.29. The summed E-state index contributed by atoms with van der Waals surface area (Å²) in [6.07, 6.45) is 0. The van der Waals surface area contributed by atoms with Gasteiger partial charge in [-0.3, -0.25) is 4.79 Å². The minimum atomic E-state index is -0.240. The van der Waals surface area contributed by atoms with Gasteiger partial charge in [-0.2, -0.15) is 0 Å². The van der Waals surface area contributed by atoms with E-state index in [0.29, 0.717) is 0 Å². The average molecular weight is 387 g/mol. The van der Waals surface area contributed by atoms with E-state index in [1.807, 2.05) is 38.1 Å². The molecule has 1 heterocycles. The summed E-state index contributed by atoms with van der Waals surface area (Å²) in [5.74, 6) is -0.0532. The topological polar surface area (TPSA) is 66.9 Å². The molecule has 1 aromatic carbocycles. The molecular formula is C13H15BrN4OS2. The average Bonchev–Trinajstić information content (AvgIpc) is 2.89. The molecule has 5 nitrogen and oxygen atoms in total. The maximum atomic E-state index is 12.1. The summed E-state index contributed by atoms with van der Waals surface area (Å²) in [5, 5.41) is 14.6. The number of carbonyl (C=O) groups is 1. The van der Waals surface area contributed by atoms with E-state index in [2.05, 4.69) is 36.8 Å². The van der Waals surface area contributed by atoms with Gasteiger partial charge in [-0.25, -0.2) is 0 Å². The Morgan fingerprint density at radius 1 is 1.38 bits per heavy atom. The quantitative estimate of drug-likeness (QED) is 0.737. The Bertz CT molecular complexity index is 602. The van der Waals surface area contributed by atoms with Crippen LogP contribution in [-0.2, 0) is 4.79 Å². The first-order valence-electron chi connectivity index (χ1n) is 6.39. The number of rotatable bonds is 6. The Morgan fingerprint density at radius 2 is 2.10 bits per heavy atom. The first-order chi connectivity index (χ1) is 10.1. The van der Waals surface area contributed by atoms with E-state index in [1.165, 1.54) is 23.1 Å². The van der Waals surface area contributed by atoms with Crippen molar-refractivity contribution in [2.45, 2.75) is 23.4 Å². The molecule has 0 bridgehead atoms. The lowest BCUT2D eigenvalue weighted by Crippen LogP contribution is -2.22. The summed E-state index contributed by atoms with van der Waals surface area (Å²) in [4.78, 5) is 12.1. The Hall–Kier alpha value is -1.12. The van der Waals surface area contributed by atoms with Gasteiger partial charge in [-0.05, 0) is 38.1 Å². The molecule has 0 unspecified atom stereocenters. The molecule has 1 aromatic heterocycles. The molecule has 112 valence electrons. The van der Waals surface area contributed by atoms with E-state index in [1.54, 1.807) is 0 Å². The van der Waals surface area contributed by atoms with Crippen LogP contribution >= 0.6 is 39.0 Å². The van der Waals surface area contributed by atoms with Gasteiger partial charge in [0.25, 0.3) is 0 Å². The zero-order valence-electron chi connectivity index (χ0n) is 11.6. The van der Waals surface area contributed by atoms with Crippen molar-refractivity contribution in [3.8, 4) is 0 Å². The van der Waals surface area contributed by atoms with Crippen molar-refractivity contribution in [1.29, 1.82) is 0 Å². The summed E-state index contributed by atoms with van der Waals surface area (Å²) >= 11 is 6.22. The fraction of sp³-hybridized carbons (Fsp3) is 0.308. The van der Waals surface area contributed by atoms with Crippen LogP contribution in [0, 0.1) is 0 Å². The van der Waals surface area contributed by atoms with Crippen LogP contribution in [0.1, 0.15) is 13.8 Å². The standard InChI is InChI=1S/C13H15BrN4OS2/c1-3-15-12-17-18-13(21-12)20-8(2)11(19)16-10-6-4-9(14)5-7-10/h4-8H,3H2,1-2H3,(H,15,17)(H,16,19)/t8-/m0/s1. The maximum Gasteiger partial charge on any atom is 0.237 e. The van der Waals surface area contributed by atoms with Crippen molar-refractivity contribution in [2.75, 3.05) is 17.2 Å². The number of halogens is 1. The van der Waals surface area contributed by atoms with E-state index >= 15 is 0 Å². The van der Waals surface area contributed by atoms with Gasteiger partial charge in [0.05, 0.1) is 5.25 Å². The Kier molecular flexibility index (Phi) is 6.01. The fourth-order valence-electron chi connectivity index (χ4n) is 1.46. The number of nitrogens with zero attached hydrogens (tertiary/aromatic N) is 2. The van der Waals surface area contributed by atoms with E-state index < -0.39 is 0 Å². The molecule has 1 amide bonds. The number of hydrogen-bond donors (Lipinski definition) is 2. The first-order valence-corrected chi connectivity index (χ1v) is 8.88. The number of hydrogen-bond acceptors (Lipinski definition) is 6.